The summed E-state index contributed by atoms with van der Waals surface area (Å²) >= 11 is 0. The van der Waals surface area contributed by atoms with Crippen LogP contribution in [0.15, 0.2) is 0 Å². The molecule has 4 heteroatoms. The summed E-state index contributed by atoms with van der Waals surface area (Å²) in [5.41, 5.74) is -0.181. The van der Waals surface area contributed by atoms with Crippen LogP contribution >= 0.6 is 0 Å². The molecule has 3 atom stereocenters. The minimum atomic E-state index is -0.181. The lowest BCUT2D eigenvalue weighted by atomic mass is 9.81. The predicted octanol–water partition coefficient (Wildman–Crippen LogP) is 0.785. The number of nitrogens with zero attached hydrogens (tertiary/aromatic N) is 2. The molecule has 2 fully saturated rings. The lowest BCUT2D eigenvalue weighted by molar-refractivity contribution is -0.141. The molecule has 1 N–H and O–H groups in total. The van der Waals surface area contributed by atoms with Crippen LogP contribution in [0.4, 0.5) is 0 Å². The maximum atomic E-state index is 12.7. The van der Waals surface area contributed by atoms with Crippen LogP contribution in [0.3, 0.4) is 0 Å². The zero-order chi connectivity index (χ0) is 13.3. The molecule has 4 nitrogen and oxygen atoms in total. The van der Waals surface area contributed by atoms with Gasteiger partial charge in [-0.25, -0.2) is 0 Å². The summed E-state index contributed by atoms with van der Waals surface area (Å²) in [7, 11) is 4.22. The summed E-state index contributed by atoms with van der Waals surface area (Å²) in [6.45, 7) is 8.07. The van der Waals surface area contributed by atoms with Gasteiger partial charge >= 0.3 is 0 Å². The molecule has 3 unspecified atom stereocenters. The molecular formula is C14H27N3O. The van der Waals surface area contributed by atoms with Crippen LogP contribution in [0.1, 0.15) is 26.7 Å². The van der Waals surface area contributed by atoms with Crippen molar-refractivity contribution in [2.45, 2.75) is 32.7 Å². The van der Waals surface area contributed by atoms with Gasteiger partial charge in [-0.2, -0.15) is 0 Å². The Morgan fingerprint density at radius 2 is 2.11 bits per heavy atom. The van der Waals surface area contributed by atoms with E-state index in [9.17, 15) is 4.79 Å². The first kappa shape index (κ1) is 13.8. The third-order valence-corrected chi connectivity index (χ3v) is 4.64. The molecule has 0 saturated carbocycles. The Morgan fingerprint density at radius 3 is 2.61 bits per heavy atom. The third-order valence-electron chi connectivity index (χ3n) is 4.64. The van der Waals surface area contributed by atoms with E-state index in [0.717, 1.165) is 39.0 Å². The topological polar surface area (TPSA) is 35.6 Å². The lowest BCUT2D eigenvalue weighted by Crippen LogP contribution is -2.50. The van der Waals surface area contributed by atoms with Gasteiger partial charge in [0, 0.05) is 25.7 Å². The van der Waals surface area contributed by atoms with Crippen LogP contribution in [0, 0.1) is 11.3 Å². The molecule has 0 aliphatic carbocycles. The Morgan fingerprint density at radius 1 is 1.39 bits per heavy atom. The second-order valence-corrected chi connectivity index (χ2v) is 6.56. The summed E-state index contributed by atoms with van der Waals surface area (Å²) in [4.78, 5) is 17.0. The number of nitrogens with one attached hydrogen (secondary N) is 1. The van der Waals surface area contributed by atoms with Crippen molar-refractivity contribution in [1.29, 1.82) is 0 Å². The molecule has 2 rings (SSSR count). The van der Waals surface area contributed by atoms with Gasteiger partial charge in [-0.15, -0.1) is 0 Å². The van der Waals surface area contributed by atoms with Crippen LogP contribution in [-0.4, -0.2) is 62.0 Å². The Hall–Kier alpha value is -0.610. The van der Waals surface area contributed by atoms with Crippen molar-refractivity contribution in [2.24, 2.45) is 11.3 Å². The number of hydrogen-bond acceptors (Lipinski definition) is 3. The highest BCUT2D eigenvalue weighted by molar-refractivity contribution is 5.83. The average Bonchev–Trinajstić information content (AvgIpc) is 2.71. The van der Waals surface area contributed by atoms with Crippen molar-refractivity contribution < 1.29 is 4.79 Å². The summed E-state index contributed by atoms with van der Waals surface area (Å²) in [6, 6.07) is 0.508. The SMILES string of the molecule is CC1CN(C(=O)C2(C)CCCNC2)CC1N(C)C. The van der Waals surface area contributed by atoms with E-state index in [2.05, 4.69) is 43.1 Å². The first-order chi connectivity index (χ1) is 8.44. The third kappa shape index (κ3) is 2.54. The van der Waals surface area contributed by atoms with Crippen LogP contribution in [0.2, 0.25) is 0 Å². The van der Waals surface area contributed by atoms with Gasteiger partial charge < -0.3 is 15.1 Å². The summed E-state index contributed by atoms with van der Waals surface area (Å²) in [5.74, 6) is 0.926. The Bertz CT molecular complexity index is 310. The summed E-state index contributed by atoms with van der Waals surface area (Å²) < 4.78 is 0. The molecule has 2 aliphatic rings. The van der Waals surface area contributed by atoms with Gasteiger partial charge in [0.1, 0.15) is 0 Å². The van der Waals surface area contributed by atoms with Crippen molar-refractivity contribution in [3.8, 4) is 0 Å². The number of likely N-dealkylation sites (tertiary alicyclic amines) is 1. The van der Waals surface area contributed by atoms with Crippen molar-refractivity contribution in [1.82, 2.24) is 15.1 Å². The summed E-state index contributed by atoms with van der Waals surface area (Å²) in [5, 5.41) is 3.37. The molecule has 0 aromatic rings. The number of carbonyl (C=O) groups is 1. The maximum absolute atomic E-state index is 12.7. The van der Waals surface area contributed by atoms with Gasteiger partial charge in [0.05, 0.1) is 5.41 Å². The Labute approximate surface area is 111 Å². The minimum absolute atomic E-state index is 0.181. The highest BCUT2D eigenvalue weighted by Gasteiger charge is 2.42. The molecule has 0 spiro atoms. The second-order valence-electron chi connectivity index (χ2n) is 6.56. The first-order valence-corrected chi connectivity index (χ1v) is 7.10. The van der Waals surface area contributed by atoms with Gasteiger partial charge in [0.25, 0.3) is 0 Å². The Balaban J connectivity index is 2.02. The molecule has 0 radical (unpaired) electrons. The van der Waals surface area contributed by atoms with E-state index in [-0.39, 0.29) is 5.41 Å². The average molecular weight is 253 g/mol. The van der Waals surface area contributed by atoms with Gasteiger partial charge in [-0.3, -0.25) is 4.79 Å². The maximum Gasteiger partial charge on any atom is 0.229 e. The standard InChI is InChI=1S/C14H27N3O/c1-11-8-17(9-12(11)16(3)4)13(18)14(2)6-5-7-15-10-14/h11-12,15H,5-10H2,1-4H3. The molecule has 2 saturated heterocycles. The molecule has 0 aromatic heterocycles. The number of hydrogen-bond donors (Lipinski definition) is 1. The van der Waals surface area contributed by atoms with Crippen LogP contribution < -0.4 is 5.32 Å². The fourth-order valence-corrected chi connectivity index (χ4v) is 3.41. The first-order valence-electron chi connectivity index (χ1n) is 7.10. The van der Waals surface area contributed by atoms with Crippen molar-refractivity contribution in [2.75, 3.05) is 40.3 Å². The van der Waals surface area contributed by atoms with E-state index in [4.69, 9.17) is 0 Å². The monoisotopic (exact) mass is 253 g/mol. The molecule has 18 heavy (non-hydrogen) atoms. The van der Waals surface area contributed by atoms with Crippen LogP contribution in [0.5, 0.6) is 0 Å². The smallest absolute Gasteiger partial charge is 0.229 e. The number of likely N-dealkylation sites (N-methyl/N-ethyl adjacent to an activating group) is 1. The second kappa shape index (κ2) is 5.17. The minimum Gasteiger partial charge on any atom is -0.340 e. The highest BCUT2D eigenvalue weighted by atomic mass is 16.2. The largest absolute Gasteiger partial charge is 0.340 e. The van der Waals surface area contributed by atoms with Gasteiger partial charge in [0.2, 0.25) is 5.91 Å². The number of amides is 1. The Kier molecular flexibility index (Phi) is 3.97. The van der Waals surface area contributed by atoms with E-state index >= 15 is 0 Å². The molecule has 0 bridgehead atoms. The lowest BCUT2D eigenvalue weighted by Gasteiger charge is -2.36. The van der Waals surface area contributed by atoms with Crippen LogP contribution in [-0.2, 0) is 4.79 Å². The fourth-order valence-electron chi connectivity index (χ4n) is 3.41. The molecule has 104 valence electrons. The molecule has 2 aliphatic heterocycles. The zero-order valence-corrected chi connectivity index (χ0v) is 12.2. The number of rotatable bonds is 2. The van der Waals surface area contributed by atoms with Gasteiger partial charge in [0.15, 0.2) is 0 Å². The van der Waals surface area contributed by atoms with E-state index in [0.29, 0.717) is 17.9 Å². The normalized spacial score (nSPS) is 37.3. The molecular weight excluding hydrogens is 226 g/mol. The molecule has 1 amide bonds. The molecule has 0 aromatic carbocycles. The highest BCUT2D eigenvalue weighted by Crippen LogP contribution is 2.31. The predicted molar refractivity (Wildman–Crippen MR) is 73.4 cm³/mol. The number of carbonyl (C=O) groups excluding carboxylic acids is 1. The van der Waals surface area contributed by atoms with E-state index in [1.807, 2.05) is 0 Å². The van der Waals surface area contributed by atoms with Crippen molar-refractivity contribution in [3.63, 3.8) is 0 Å². The van der Waals surface area contributed by atoms with Gasteiger partial charge in [-0.05, 0) is 46.3 Å². The quantitative estimate of drug-likeness (QED) is 0.790. The summed E-state index contributed by atoms with van der Waals surface area (Å²) in [6.07, 6.45) is 2.14. The van der Waals surface area contributed by atoms with Crippen molar-refractivity contribution >= 4 is 5.91 Å². The van der Waals surface area contributed by atoms with E-state index < -0.39 is 0 Å². The fraction of sp³-hybridized carbons (Fsp3) is 0.929. The van der Waals surface area contributed by atoms with Gasteiger partial charge in [-0.1, -0.05) is 6.92 Å². The van der Waals surface area contributed by atoms with E-state index in [1.165, 1.54) is 0 Å². The zero-order valence-electron chi connectivity index (χ0n) is 12.2. The van der Waals surface area contributed by atoms with Crippen molar-refractivity contribution in [3.05, 3.63) is 0 Å². The van der Waals surface area contributed by atoms with Crippen LogP contribution in [0.25, 0.3) is 0 Å². The number of piperidine rings is 1. The van der Waals surface area contributed by atoms with E-state index in [1.54, 1.807) is 0 Å². The molecule has 2 heterocycles.